The van der Waals surface area contributed by atoms with Gasteiger partial charge in [0.2, 0.25) is 0 Å². The van der Waals surface area contributed by atoms with Gasteiger partial charge in [0.25, 0.3) is 10.2 Å². The molecule has 1 heterocycles. The Labute approximate surface area is 130 Å². The molecular weight excluding hydrogens is 288 g/mol. The van der Waals surface area contributed by atoms with Gasteiger partial charge in [-0.1, -0.05) is 27.7 Å². The first-order valence-corrected chi connectivity index (χ1v) is 9.54. The predicted molar refractivity (Wildman–Crippen MR) is 86.1 cm³/mol. The fourth-order valence-corrected chi connectivity index (χ4v) is 4.80. The Bertz CT molecular complexity index is 388. The number of hydrogen-bond acceptors (Lipinski definition) is 3. The van der Waals surface area contributed by atoms with Gasteiger partial charge in [-0.05, 0) is 42.9 Å². The number of nitrogens with zero attached hydrogens (tertiary/aromatic N) is 1. The molecule has 2 N–H and O–H groups in total. The highest BCUT2D eigenvalue weighted by atomic mass is 32.2. The van der Waals surface area contributed by atoms with Crippen molar-refractivity contribution in [3.63, 3.8) is 0 Å². The molecule has 0 spiro atoms. The summed E-state index contributed by atoms with van der Waals surface area (Å²) in [5, 5.41) is 9.11. The average Bonchev–Trinajstić information content (AvgIpc) is 2.34. The average molecular weight is 320 g/mol. The molecule has 1 aliphatic heterocycles. The highest BCUT2D eigenvalue weighted by Crippen LogP contribution is 2.23. The Morgan fingerprint density at radius 1 is 1.24 bits per heavy atom. The number of hydrogen-bond donors (Lipinski definition) is 2. The highest BCUT2D eigenvalue weighted by Gasteiger charge is 2.30. The van der Waals surface area contributed by atoms with E-state index in [-0.39, 0.29) is 12.5 Å². The normalized spacial score (nSPS) is 26.2. The number of nitrogens with one attached hydrogen (secondary N) is 1. The lowest BCUT2D eigenvalue weighted by molar-refractivity contribution is 0.217. The van der Waals surface area contributed by atoms with E-state index in [4.69, 9.17) is 5.11 Å². The molecule has 0 radical (unpaired) electrons. The maximum absolute atomic E-state index is 12.4. The molecule has 0 aromatic heterocycles. The second kappa shape index (κ2) is 8.46. The first kappa shape index (κ1) is 18.9. The molecule has 3 atom stereocenters. The topological polar surface area (TPSA) is 69.6 Å². The van der Waals surface area contributed by atoms with Gasteiger partial charge in [0.1, 0.15) is 0 Å². The second-order valence-corrected chi connectivity index (χ2v) is 8.88. The van der Waals surface area contributed by atoms with Crippen molar-refractivity contribution in [2.45, 2.75) is 47.0 Å². The Kier molecular flexibility index (Phi) is 7.60. The van der Waals surface area contributed by atoms with Gasteiger partial charge >= 0.3 is 0 Å². The summed E-state index contributed by atoms with van der Waals surface area (Å²) >= 11 is 0. The first-order valence-electron chi connectivity index (χ1n) is 8.10. The summed E-state index contributed by atoms with van der Waals surface area (Å²) in [6.45, 7) is 10.2. The fraction of sp³-hybridized carbons (Fsp3) is 1.00. The lowest BCUT2D eigenvalue weighted by Crippen LogP contribution is -2.48. The largest absolute Gasteiger partial charge is 0.396 e. The summed E-state index contributed by atoms with van der Waals surface area (Å²) in [7, 11) is -3.40. The van der Waals surface area contributed by atoms with Gasteiger partial charge in [-0.2, -0.15) is 12.7 Å². The zero-order valence-electron chi connectivity index (χ0n) is 13.9. The van der Waals surface area contributed by atoms with Gasteiger partial charge in [-0.25, -0.2) is 4.72 Å². The van der Waals surface area contributed by atoms with Crippen molar-refractivity contribution >= 4 is 10.2 Å². The standard InChI is InChI=1S/C15H32N2O3S/c1-12(2)7-15(5-6-18)9-16-21(19,20)17-10-13(3)8-14(4)11-17/h12-16,18H,5-11H2,1-4H3. The molecule has 0 saturated carbocycles. The summed E-state index contributed by atoms with van der Waals surface area (Å²) < 4.78 is 29.2. The Balaban J connectivity index is 2.58. The van der Waals surface area contributed by atoms with E-state index in [1.165, 1.54) is 0 Å². The molecule has 0 aromatic carbocycles. The van der Waals surface area contributed by atoms with Crippen LogP contribution in [0.3, 0.4) is 0 Å². The molecule has 6 heteroatoms. The van der Waals surface area contributed by atoms with Crippen molar-refractivity contribution < 1.29 is 13.5 Å². The summed E-state index contributed by atoms with van der Waals surface area (Å²) in [5.41, 5.74) is 0. The number of aliphatic hydroxyl groups is 1. The molecule has 5 nitrogen and oxygen atoms in total. The van der Waals surface area contributed by atoms with E-state index in [0.29, 0.717) is 43.8 Å². The van der Waals surface area contributed by atoms with Gasteiger partial charge in [-0.15, -0.1) is 0 Å². The van der Waals surface area contributed by atoms with Gasteiger partial charge in [-0.3, -0.25) is 0 Å². The zero-order chi connectivity index (χ0) is 16.0. The SMILES string of the molecule is CC(C)CC(CCO)CNS(=O)(=O)N1CC(C)CC(C)C1. The molecule has 0 bridgehead atoms. The summed E-state index contributed by atoms with van der Waals surface area (Å²) in [6.07, 6.45) is 2.66. The van der Waals surface area contributed by atoms with Crippen LogP contribution in [0.15, 0.2) is 0 Å². The smallest absolute Gasteiger partial charge is 0.279 e. The molecule has 1 aliphatic rings. The van der Waals surface area contributed by atoms with Crippen molar-refractivity contribution in [1.82, 2.24) is 9.03 Å². The van der Waals surface area contributed by atoms with Gasteiger partial charge < -0.3 is 5.11 Å². The lowest BCUT2D eigenvalue weighted by Gasteiger charge is -2.34. The molecule has 0 aliphatic carbocycles. The molecule has 3 unspecified atom stereocenters. The van der Waals surface area contributed by atoms with Crippen LogP contribution >= 0.6 is 0 Å². The van der Waals surface area contributed by atoms with Crippen LogP contribution in [0.5, 0.6) is 0 Å². The van der Waals surface area contributed by atoms with Crippen LogP contribution in [0.25, 0.3) is 0 Å². The Hall–Kier alpha value is -0.170. The summed E-state index contributed by atoms with van der Waals surface area (Å²) in [6, 6.07) is 0. The minimum Gasteiger partial charge on any atom is -0.396 e. The van der Waals surface area contributed by atoms with Crippen LogP contribution < -0.4 is 4.72 Å². The number of piperidine rings is 1. The molecule has 21 heavy (non-hydrogen) atoms. The van der Waals surface area contributed by atoms with Gasteiger partial charge in [0, 0.05) is 26.2 Å². The van der Waals surface area contributed by atoms with E-state index in [2.05, 4.69) is 32.4 Å². The third-order valence-corrected chi connectivity index (χ3v) is 5.58. The maximum Gasteiger partial charge on any atom is 0.279 e. The minimum absolute atomic E-state index is 0.108. The van der Waals surface area contributed by atoms with E-state index in [0.717, 1.165) is 12.8 Å². The lowest BCUT2D eigenvalue weighted by atomic mass is 9.94. The zero-order valence-corrected chi connectivity index (χ0v) is 14.7. The Morgan fingerprint density at radius 2 is 1.81 bits per heavy atom. The van der Waals surface area contributed by atoms with E-state index in [9.17, 15) is 8.42 Å². The van der Waals surface area contributed by atoms with E-state index in [1.54, 1.807) is 4.31 Å². The number of aliphatic hydroxyl groups excluding tert-OH is 1. The molecule has 0 amide bonds. The third-order valence-electron chi connectivity index (χ3n) is 4.07. The van der Waals surface area contributed by atoms with Crippen LogP contribution in [0.2, 0.25) is 0 Å². The summed E-state index contributed by atoms with van der Waals surface area (Å²) in [4.78, 5) is 0. The Morgan fingerprint density at radius 3 is 2.29 bits per heavy atom. The fourth-order valence-electron chi connectivity index (χ4n) is 3.27. The molecule has 126 valence electrons. The number of rotatable bonds is 8. The highest BCUT2D eigenvalue weighted by molar-refractivity contribution is 7.87. The van der Waals surface area contributed by atoms with E-state index >= 15 is 0 Å². The molecule has 0 aromatic rings. The van der Waals surface area contributed by atoms with Crippen molar-refractivity contribution in [2.24, 2.45) is 23.7 Å². The van der Waals surface area contributed by atoms with E-state index in [1.807, 2.05) is 0 Å². The third kappa shape index (κ3) is 6.63. The van der Waals surface area contributed by atoms with Crippen molar-refractivity contribution in [3.8, 4) is 0 Å². The quantitative estimate of drug-likeness (QED) is 0.717. The molecule has 1 rings (SSSR count). The van der Waals surface area contributed by atoms with E-state index < -0.39 is 10.2 Å². The van der Waals surface area contributed by atoms with Crippen molar-refractivity contribution in [2.75, 3.05) is 26.2 Å². The van der Waals surface area contributed by atoms with Crippen LogP contribution in [0, 0.1) is 23.7 Å². The predicted octanol–water partition coefficient (Wildman–Crippen LogP) is 1.84. The molecule has 1 saturated heterocycles. The van der Waals surface area contributed by atoms with Crippen LogP contribution in [0.1, 0.15) is 47.0 Å². The van der Waals surface area contributed by atoms with Crippen molar-refractivity contribution in [3.05, 3.63) is 0 Å². The van der Waals surface area contributed by atoms with Crippen LogP contribution in [-0.4, -0.2) is 44.1 Å². The van der Waals surface area contributed by atoms with Gasteiger partial charge in [0.05, 0.1) is 0 Å². The second-order valence-electron chi connectivity index (χ2n) is 7.12. The van der Waals surface area contributed by atoms with Gasteiger partial charge in [0.15, 0.2) is 0 Å². The summed E-state index contributed by atoms with van der Waals surface area (Å²) in [5.74, 6) is 1.52. The maximum atomic E-state index is 12.4. The molecular formula is C15H32N2O3S. The van der Waals surface area contributed by atoms with Crippen molar-refractivity contribution in [1.29, 1.82) is 0 Å². The van der Waals surface area contributed by atoms with Crippen LogP contribution in [0.4, 0.5) is 0 Å². The van der Waals surface area contributed by atoms with Crippen LogP contribution in [-0.2, 0) is 10.2 Å². The minimum atomic E-state index is -3.40. The first-order chi connectivity index (χ1) is 9.74. The molecule has 1 fully saturated rings. The monoisotopic (exact) mass is 320 g/mol.